The number of methoxy groups -OCH3 is 1. The van der Waals surface area contributed by atoms with Gasteiger partial charge < -0.3 is 4.74 Å². The van der Waals surface area contributed by atoms with Gasteiger partial charge in [-0.2, -0.15) is 0 Å². The van der Waals surface area contributed by atoms with Crippen molar-refractivity contribution in [2.24, 2.45) is 9.98 Å². The maximum atomic E-state index is 5.83. The number of ether oxygens (including phenoxy) is 1. The Morgan fingerprint density at radius 1 is 1.29 bits per heavy atom. The van der Waals surface area contributed by atoms with Gasteiger partial charge in [0.05, 0.1) is 6.54 Å². The van der Waals surface area contributed by atoms with Crippen LogP contribution in [0.2, 0.25) is 10.3 Å². The molecule has 0 fully saturated rings. The molecule has 0 N–H and O–H groups in total. The van der Waals surface area contributed by atoms with E-state index in [2.05, 4.69) is 15.0 Å². The molecule has 6 heteroatoms. The average molecular weight is 272 g/mol. The van der Waals surface area contributed by atoms with Crippen LogP contribution in [0.4, 0.5) is 0 Å². The minimum Gasteiger partial charge on any atom is -0.377 e. The van der Waals surface area contributed by atoms with Crippen molar-refractivity contribution in [1.29, 1.82) is 0 Å². The van der Waals surface area contributed by atoms with Gasteiger partial charge in [-0.1, -0.05) is 23.2 Å². The lowest BCUT2D eigenvalue weighted by molar-refractivity contribution is 0.244. The van der Waals surface area contributed by atoms with Crippen LogP contribution < -0.4 is 0 Å². The Bertz CT molecular complexity index is 465. The van der Waals surface area contributed by atoms with Gasteiger partial charge in [0, 0.05) is 19.2 Å². The summed E-state index contributed by atoms with van der Waals surface area (Å²) < 4.78 is 4.97. The first-order chi connectivity index (χ1) is 8.17. The largest absolute Gasteiger partial charge is 0.377 e. The molecule has 17 heavy (non-hydrogen) atoms. The Morgan fingerprint density at radius 2 is 2.00 bits per heavy atom. The fourth-order valence-electron chi connectivity index (χ4n) is 1.59. The summed E-state index contributed by atoms with van der Waals surface area (Å²) in [5.41, 5.74) is 1.97. The highest BCUT2D eigenvalue weighted by molar-refractivity contribution is 6.32. The molecule has 1 aromatic heterocycles. The molecular formula is C11H11Cl2N3O. The molecule has 0 radical (unpaired) electrons. The van der Waals surface area contributed by atoms with Crippen molar-refractivity contribution in [1.82, 2.24) is 4.98 Å². The first-order valence-electron chi connectivity index (χ1n) is 5.08. The SMILES string of the molecule is COCC1=NCC(Cc2cc(Cl)nc(Cl)c2)=N1. The number of amidine groups is 1. The quantitative estimate of drug-likeness (QED) is 0.790. The van der Waals surface area contributed by atoms with Crippen LogP contribution in [0.3, 0.4) is 0 Å². The van der Waals surface area contributed by atoms with E-state index in [1.165, 1.54) is 0 Å². The molecular weight excluding hydrogens is 261 g/mol. The number of aromatic nitrogens is 1. The summed E-state index contributed by atoms with van der Waals surface area (Å²) >= 11 is 11.7. The molecule has 0 atom stereocenters. The number of aliphatic imine (C=N–C) groups is 2. The van der Waals surface area contributed by atoms with E-state index in [1.54, 1.807) is 19.2 Å². The van der Waals surface area contributed by atoms with Crippen LogP contribution in [0.25, 0.3) is 0 Å². The minimum atomic E-state index is 0.393. The Labute approximate surface area is 109 Å². The lowest BCUT2D eigenvalue weighted by Gasteiger charge is -2.01. The molecule has 0 aliphatic carbocycles. The normalized spacial score (nSPS) is 14.8. The molecule has 1 aliphatic heterocycles. The highest BCUT2D eigenvalue weighted by atomic mass is 35.5. The summed E-state index contributed by atoms with van der Waals surface area (Å²) in [6.45, 7) is 1.05. The van der Waals surface area contributed by atoms with E-state index in [0.717, 1.165) is 17.1 Å². The third kappa shape index (κ3) is 3.49. The third-order valence-corrected chi connectivity index (χ3v) is 2.62. The highest BCUT2D eigenvalue weighted by Crippen LogP contribution is 2.16. The van der Waals surface area contributed by atoms with Crippen LogP contribution in [0.15, 0.2) is 22.1 Å². The van der Waals surface area contributed by atoms with Gasteiger partial charge in [0.1, 0.15) is 22.7 Å². The topological polar surface area (TPSA) is 46.8 Å². The molecule has 4 nitrogen and oxygen atoms in total. The number of halogens is 2. The maximum absolute atomic E-state index is 5.83. The lowest BCUT2D eigenvalue weighted by atomic mass is 10.1. The first kappa shape index (κ1) is 12.5. The molecule has 0 unspecified atom stereocenters. The number of pyridine rings is 1. The van der Waals surface area contributed by atoms with E-state index in [-0.39, 0.29) is 0 Å². The van der Waals surface area contributed by atoms with E-state index in [4.69, 9.17) is 27.9 Å². The zero-order valence-electron chi connectivity index (χ0n) is 9.28. The van der Waals surface area contributed by atoms with Gasteiger partial charge in [-0.15, -0.1) is 0 Å². The fourth-order valence-corrected chi connectivity index (χ4v) is 2.10. The number of rotatable bonds is 4. The second kappa shape index (κ2) is 5.58. The number of hydrogen-bond acceptors (Lipinski definition) is 4. The summed E-state index contributed by atoms with van der Waals surface area (Å²) in [6.07, 6.45) is 0.679. The van der Waals surface area contributed by atoms with Gasteiger partial charge in [0.15, 0.2) is 0 Å². The van der Waals surface area contributed by atoms with E-state index in [1.807, 2.05) is 0 Å². The molecule has 0 saturated heterocycles. The second-order valence-corrected chi connectivity index (χ2v) is 4.42. The Kier molecular flexibility index (Phi) is 4.10. The Morgan fingerprint density at radius 3 is 2.65 bits per heavy atom. The van der Waals surface area contributed by atoms with Crippen LogP contribution in [0.5, 0.6) is 0 Å². The van der Waals surface area contributed by atoms with Gasteiger partial charge >= 0.3 is 0 Å². The van der Waals surface area contributed by atoms with Gasteiger partial charge in [-0.05, 0) is 17.7 Å². The van der Waals surface area contributed by atoms with Crippen molar-refractivity contribution in [2.45, 2.75) is 6.42 Å². The Hall–Kier alpha value is -0.970. The monoisotopic (exact) mass is 271 g/mol. The van der Waals surface area contributed by atoms with Crippen molar-refractivity contribution >= 4 is 34.7 Å². The van der Waals surface area contributed by atoms with E-state index in [0.29, 0.717) is 29.9 Å². The number of nitrogens with zero attached hydrogens (tertiary/aromatic N) is 3. The zero-order valence-corrected chi connectivity index (χ0v) is 10.8. The van der Waals surface area contributed by atoms with Gasteiger partial charge in [0.25, 0.3) is 0 Å². The standard InChI is InChI=1S/C11H11Cl2N3O/c1-17-6-11-14-5-8(15-11)2-7-3-9(12)16-10(13)4-7/h3-4H,2,5-6H2,1H3. The third-order valence-electron chi connectivity index (χ3n) is 2.24. The molecule has 0 saturated carbocycles. The van der Waals surface area contributed by atoms with Crippen LogP contribution in [0.1, 0.15) is 5.56 Å². The molecule has 2 heterocycles. The lowest BCUT2D eigenvalue weighted by Crippen LogP contribution is -2.05. The van der Waals surface area contributed by atoms with Gasteiger partial charge in [0.2, 0.25) is 0 Å². The molecule has 0 aromatic carbocycles. The first-order valence-corrected chi connectivity index (χ1v) is 5.83. The molecule has 1 aromatic rings. The fraction of sp³-hybridized carbons (Fsp3) is 0.364. The second-order valence-electron chi connectivity index (χ2n) is 3.64. The molecule has 2 rings (SSSR count). The van der Waals surface area contributed by atoms with Crippen molar-refractivity contribution < 1.29 is 4.74 Å². The van der Waals surface area contributed by atoms with Gasteiger partial charge in [-0.3, -0.25) is 4.99 Å². The van der Waals surface area contributed by atoms with Crippen LogP contribution in [0, 0.1) is 0 Å². The summed E-state index contributed by atoms with van der Waals surface area (Å²) in [4.78, 5) is 12.5. The highest BCUT2D eigenvalue weighted by Gasteiger charge is 2.11. The summed E-state index contributed by atoms with van der Waals surface area (Å²) in [5, 5.41) is 0.785. The smallest absolute Gasteiger partial charge is 0.149 e. The van der Waals surface area contributed by atoms with Crippen LogP contribution >= 0.6 is 23.2 Å². The average Bonchev–Trinajstić information content (AvgIpc) is 2.64. The molecule has 1 aliphatic rings. The van der Waals surface area contributed by atoms with Gasteiger partial charge in [-0.25, -0.2) is 9.98 Å². The van der Waals surface area contributed by atoms with E-state index < -0.39 is 0 Å². The predicted molar refractivity (Wildman–Crippen MR) is 69.6 cm³/mol. The van der Waals surface area contributed by atoms with E-state index >= 15 is 0 Å². The predicted octanol–water partition coefficient (Wildman–Crippen LogP) is 2.43. The molecule has 90 valence electrons. The van der Waals surface area contributed by atoms with Crippen molar-refractivity contribution in [3.63, 3.8) is 0 Å². The summed E-state index contributed by atoms with van der Waals surface area (Å²) in [7, 11) is 1.62. The summed E-state index contributed by atoms with van der Waals surface area (Å²) in [5.74, 6) is 0.730. The maximum Gasteiger partial charge on any atom is 0.149 e. The molecule has 0 bridgehead atoms. The van der Waals surface area contributed by atoms with E-state index in [9.17, 15) is 0 Å². The minimum absolute atomic E-state index is 0.393. The van der Waals surface area contributed by atoms with Crippen molar-refractivity contribution in [2.75, 3.05) is 20.3 Å². The molecule has 0 spiro atoms. The Balaban J connectivity index is 2.05. The zero-order chi connectivity index (χ0) is 12.3. The number of hydrogen-bond donors (Lipinski definition) is 0. The molecule has 0 amide bonds. The van der Waals surface area contributed by atoms with Crippen molar-refractivity contribution in [3.8, 4) is 0 Å². The summed E-state index contributed by atoms with van der Waals surface area (Å²) in [6, 6.07) is 3.56. The van der Waals surface area contributed by atoms with Crippen molar-refractivity contribution in [3.05, 3.63) is 28.0 Å². The van der Waals surface area contributed by atoms with Crippen LogP contribution in [-0.2, 0) is 11.2 Å². The van der Waals surface area contributed by atoms with Crippen LogP contribution in [-0.4, -0.2) is 36.8 Å².